The van der Waals surface area contributed by atoms with E-state index in [1.807, 2.05) is 36.4 Å². The van der Waals surface area contributed by atoms with Gasteiger partial charge in [0, 0.05) is 17.1 Å². The van der Waals surface area contributed by atoms with Crippen LogP contribution in [0.2, 0.25) is 0 Å². The summed E-state index contributed by atoms with van der Waals surface area (Å²) < 4.78 is 81.8. The zero-order valence-corrected chi connectivity index (χ0v) is 24.4. The summed E-state index contributed by atoms with van der Waals surface area (Å²) in [5, 5.41) is 1.99. The quantitative estimate of drug-likeness (QED) is 0.281. The SMILES string of the molecule is CC1C=c2ccc3c(c2C(C)C1S(=O)(=O)O)C(=O)C(c1ccc(OCc2ccc(OC(F)(F)F)cc2)cc1)=c1ccccc1=3. The maximum Gasteiger partial charge on any atom is 0.573 e. The summed E-state index contributed by atoms with van der Waals surface area (Å²) in [4.78, 5) is 14.4. The summed E-state index contributed by atoms with van der Waals surface area (Å²) in [7, 11) is -4.39. The van der Waals surface area contributed by atoms with Crippen LogP contribution in [0.3, 0.4) is 0 Å². The van der Waals surface area contributed by atoms with Crippen LogP contribution in [0.5, 0.6) is 11.5 Å². The van der Waals surface area contributed by atoms with Gasteiger partial charge in [0.15, 0.2) is 5.78 Å². The molecule has 6 rings (SSSR count). The Hall–Kier alpha value is -4.41. The van der Waals surface area contributed by atoms with Gasteiger partial charge in [-0.05, 0) is 67.7 Å². The number of carbonyl (C=O) groups excluding carboxylic acids is 1. The second-order valence-corrected chi connectivity index (χ2v) is 12.6. The Morgan fingerprint density at radius 3 is 2.09 bits per heavy atom. The molecule has 10 heteroatoms. The van der Waals surface area contributed by atoms with E-state index in [1.54, 1.807) is 44.2 Å². The van der Waals surface area contributed by atoms with E-state index in [0.717, 1.165) is 15.7 Å². The summed E-state index contributed by atoms with van der Waals surface area (Å²) in [6, 6.07) is 23.7. The minimum atomic E-state index is -4.77. The molecule has 2 aliphatic rings. The molecule has 2 aliphatic carbocycles. The third kappa shape index (κ3) is 5.51. The molecule has 0 radical (unpaired) electrons. The third-order valence-electron chi connectivity index (χ3n) is 8.18. The fourth-order valence-electron chi connectivity index (χ4n) is 6.41. The zero-order chi connectivity index (χ0) is 31.4. The molecule has 0 spiro atoms. The largest absolute Gasteiger partial charge is 0.573 e. The predicted octanol–water partition coefficient (Wildman–Crippen LogP) is 5.64. The van der Waals surface area contributed by atoms with Crippen LogP contribution in [-0.2, 0) is 16.7 Å². The summed E-state index contributed by atoms with van der Waals surface area (Å²) in [6.07, 6.45) is -2.97. The van der Waals surface area contributed by atoms with Gasteiger partial charge in [-0.3, -0.25) is 9.35 Å². The lowest BCUT2D eigenvalue weighted by molar-refractivity contribution is -0.274. The highest BCUT2D eigenvalue weighted by molar-refractivity contribution is 7.86. The highest BCUT2D eigenvalue weighted by atomic mass is 32.2. The molecule has 0 fully saturated rings. The number of benzene rings is 4. The summed E-state index contributed by atoms with van der Waals surface area (Å²) in [6.45, 7) is 3.58. The molecule has 3 unspecified atom stereocenters. The average Bonchev–Trinajstić information content (AvgIpc) is 2.95. The molecule has 0 bridgehead atoms. The minimum absolute atomic E-state index is 0.102. The van der Waals surface area contributed by atoms with Gasteiger partial charge < -0.3 is 9.47 Å². The van der Waals surface area contributed by atoms with Gasteiger partial charge in [-0.25, -0.2) is 0 Å². The van der Waals surface area contributed by atoms with Crippen molar-refractivity contribution in [2.24, 2.45) is 5.92 Å². The van der Waals surface area contributed by atoms with Crippen molar-refractivity contribution >= 4 is 27.6 Å². The van der Waals surface area contributed by atoms with Gasteiger partial charge in [0.2, 0.25) is 0 Å². The first kappa shape index (κ1) is 29.7. The number of fused-ring (bicyclic) bond motifs is 4. The topological polar surface area (TPSA) is 89.9 Å². The molecule has 0 aliphatic heterocycles. The van der Waals surface area contributed by atoms with Gasteiger partial charge in [-0.1, -0.05) is 80.6 Å². The predicted molar refractivity (Wildman–Crippen MR) is 158 cm³/mol. The molecule has 0 heterocycles. The van der Waals surface area contributed by atoms with Gasteiger partial charge in [-0.15, -0.1) is 13.2 Å². The summed E-state index contributed by atoms with van der Waals surface area (Å²) in [5.74, 6) is -1.14. The molecule has 4 aromatic rings. The van der Waals surface area contributed by atoms with Crippen molar-refractivity contribution in [3.05, 3.63) is 128 Å². The van der Waals surface area contributed by atoms with E-state index < -0.39 is 33.6 Å². The van der Waals surface area contributed by atoms with Crippen molar-refractivity contribution < 1.29 is 40.4 Å². The smallest absolute Gasteiger partial charge is 0.489 e. The first-order valence-corrected chi connectivity index (χ1v) is 15.4. The lowest BCUT2D eigenvalue weighted by Crippen LogP contribution is -2.40. The molecular weight excluding hydrogens is 593 g/mol. The molecule has 226 valence electrons. The lowest BCUT2D eigenvalue weighted by atomic mass is 9.77. The molecule has 0 aromatic heterocycles. The molecule has 4 aromatic carbocycles. The van der Waals surface area contributed by atoms with Crippen molar-refractivity contribution in [1.29, 1.82) is 0 Å². The van der Waals surface area contributed by atoms with E-state index in [9.17, 15) is 30.9 Å². The molecule has 1 N–H and O–H groups in total. The number of hydrogen-bond donors (Lipinski definition) is 1. The third-order valence-corrected chi connectivity index (χ3v) is 9.70. The van der Waals surface area contributed by atoms with E-state index in [1.165, 1.54) is 24.3 Å². The van der Waals surface area contributed by atoms with Crippen molar-refractivity contribution in [3.63, 3.8) is 0 Å². The molecule has 0 saturated heterocycles. The summed E-state index contributed by atoms with van der Waals surface area (Å²) >= 11 is 0. The maximum absolute atomic E-state index is 14.4. The number of ether oxygens (including phenoxy) is 2. The fraction of sp³-hybridized carbons (Fsp3) is 0.206. The standard InChI is InChI=1S/C34H27F3O6S/c1-19-17-23-11-16-28-26-5-3-4-6-27(26)30(32(38)31(28)29(23)20(2)33(19)44(39,40)41)22-9-14-24(15-10-22)42-18-21-7-12-25(13-8-21)43-34(35,36)37/h3-17,19-20,33H,18H2,1-2H3,(H,39,40,41). The van der Waals surface area contributed by atoms with Gasteiger partial charge in [0.1, 0.15) is 18.1 Å². The zero-order valence-electron chi connectivity index (χ0n) is 23.6. The van der Waals surface area contributed by atoms with E-state index >= 15 is 0 Å². The van der Waals surface area contributed by atoms with Crippen LogP contribution in [0.25, 0.3) is 11.6 Å². The summed E-state index contributed by atoms with van der Waals surface area (Å²) in [5.41, 5.74) is 2.77. The number of Topliss-reactive ketones (excluding diaryl/α,β-unsaturated/α-hetero) is 1. The molecule has 6 nitrogen and oxygen atoms in total. The maximum atomic E-state index is 14.4. The minimum Gasteiger partial charge on any atom is -0.489 e. The Balaban J connectivity index is 1.36. The molecular formula is C34H27F3O6S. The molecule has 3 atom stereocenters. The van der Waals surface area contributed by atoms with Crippen molar-refractivity contribution in [2.45, 2.75) is 38.0 Å². The monoisotopic (exact) mass is 620 g/mol. The van der Waals surface area contributed by atoms with Crippen LogP contribution in [0.4, 0.5) is 13.2 Å². The number of ketones is 1. The van der Waals surface area contributed by atoms with E-state index in [0.29, 0.717) is 38.8 Å². The van der Waals surface area contributed by atoms with Gasteiger partial charge in [0.25, 0.3) is 10.1 Å². The van der Waals surface area contributed by atoms with Crippen LogP contribution in [-0.4, -0.2) is 30.4 Å². The Morgan fingerprint density at radius 1 is 0.818 bits per heavy atom. The number of carbonyl (C=O) groups is 1. The fourth-order valence-corrected chi connectivity index (χ4v) is 7.68. The number of hydrogen-bond acceptors (Lipinski definition) is 5. The van der Waals surface area contributed by atoms with Crippen molar-refractivity contribution in [1.82, 2.24) is 0 Å². The van der Waals surface area contributed by atoms with Crippen LogP contribution < -0.4 is 19.9 Å². The average molecular weight is 621 g/mol. The first-order valence-electron chi connectivity index (χ1n) is 13.9. The van der Waals surface area contributed by atoms with Crippen LogP contribution >= 0.6 is 0 Å². The van der Waals surface area contributed by atoms with E-state index in [-0.39, 0.29) is 18.1 Å². The highest BCUT2D eigenvalue weighted by Crippen LogP contribution is 2.36. The van der Waals surface area contributed by atoms with Crippen LogP contribution in [0.15, 0.2) is 84.9 Å². The van der Waals surface area contributed by atoms with Gasteiger partial charge in [-0.2, -0.15) is 8.42 Å². The molecule has 44 heavy (non-hydrogen) atoms. The normalized spacial score (nSPS) is 19.4. The Labute approximate surface area is 251 Å². The second kappa shape index (κ2) is 10.9. The number of halogens is 3. The van der Waals surface area contributed by atoms with Gasteiger partial charge >= 0.3 is 6.36 Å². The highest BCUT2D eigenvalue weighted by Gasteiger charge is 2.40. The van der Waals surface area contributed by atoms with Crippen LogP contribution in [0, 0.1) is 16.4 Å². The Kier molecular flexibility index (Phi) is 7.37. The second-order valence-electron chi connectivity index (χ2n) is 11.0. The number of rotatable bonds is 6. The molecule has 0 amide bonds. The van der Waals surface area contributed by atoms with Gasteiger partial charge in [0.05, 0.1) is 5.25 Å². The van der Waals surface area contributed by atoms with Crippen molar-refractivity contribution in [3.8, 4) is 11.5 Å². The van der Waals surface area contributed by atoms with Crippen LogP contribution in [0.1, 0.15) is 46.8 Å². The van der Waals surface area contributed by atoms with E-state index in [2.05, 4.69) is 4.74 Å². The Bertz CT molecular complexity index is 2110. The Morgan fingerprint density at radius 2 is 1.45 bits per heavy atom. The number of alkyl halides is 3. The first-order chi connectivity index (χ1) is 20.8. The van der Waals surface area contributed by atoms with Crippen molar-refractivity contribution in [2.75, 3.05) is 0 Å². The molecule has 0 saturated carbocycles. The lowest BCUT2D eigenvalue weighted by Gasteiger charge is -2.32. The van der Waals surface area contributed by atoms with E-state index in [4.69, 9.17) is 4.74 Å².